The van der Waals surface area contributed by atoms with Gasteiger partial charge in [-0.1, -0.05) is 23.2 Å². The summed E-state index contributed by atoms with van der Waals surface area (Å²) < 4.78 is 1.53. The van der Waals surface area contributed by atoms with Gasteiger partial charge >= 0.3 is 0 Å². The van der Waals surface area contributed by atoms with Gasteiger partial charge in [-0.15, -0.1) is 0 Å². The third-order valence-electron chi connectivity index (χ3n) is 2.99. The largest absolute Gasteiger partial charge is 0.384 e. The third kappa shape index (κ3) is 2.57. The quantitative estimate of drug-likeness (QED) is 0.675. The summed E-state index contributed by atoms with van der Waals surface area (Å²) in [6, 6.07) is 8.38. The number of amidine groups is 1. The normalized spacial score (nSPS) is 10.6. The molecule has 0 radical (unpaired) electrons. The summed E-state index contributed by atoms with van der Waals surface area (Å²) in [6.45, 7) is 2.30. The molecule has 0 unspecified atom stereocenters. The van der Waals surface area contributed by atoms with Crippen molar-refractivity contribution in [1.82, 2.24) is 4.57 Å². The molecule has 0 atom stereocenters. The van der Waals surface area contributed by atoms with E-state index in [1.165, 1.54) is 10.6 Å². The fourth-order valence-corrected chi connectivity index (χ4v) is 2.53. The third-order valence-corrected chi connectivity index (χ3v) is 3.54. The SMILES string of the molecule is CCn1c(-c2ccc(Cl)cc2Cl)ccc(C(=N)N)c1=O. The molecule has 6 heteroatoms. The zero-order chi connectivity index (χ0) is 14.9. The van der Waals surface area contributed by atoms with Crippen LogP contribution in [-0.4, -0.2) is 10.4 Å². The van der Waals surface area contributed by atoms with Gasteiger partial charge in [0.15, 0.2) is 0 Å². The zero-order valence-electron chi connectivity index (χ0n) is 10.8. The van der Waals surface area contributed by atoms with Crippen molar-refractivity contribution in [1.29, 1.82) is 5.41 Å². The predicted octanol–water partition coefficient (Wildman–Crippen LogP) is 3.13. The minimum Gasteiger partial charge on any atom is -0.384 e. The van der Waals surface area contributed by atoms with Crippen molar-refractivity contribution in [2.75, 3.05) is 0 Å². The van der Waals surface area contributed by atoms with Gasteiger partial charge in [0.2, 0.25) is 0 Å². The molecule has 0 amide bonds. The molecule has 3 N–H and O–H groups in total. The van der Waals surface area contributed by atoms with Gasteiger partial charge in [-0.3, -0.25) is 10.2 Å². The molecule has 1 heterocycles. The number of rotatable bonds is 3. The Labute approximate surface area is 126 Å². The first-order valence-corrected chi connectivity index (χ1v) is 6.75. The Morgan fingerprint density at radius 1 is 1.30 bits per heavy atom. The van der Waals surface area contributed by atoms with Gasteiger partial charge in [0.05, 0.1) is 16.3 Å². The molecule has 1 aromatic heterocycles. The molecule has 0 aliphatic rings. The van der Waals surface area contributed by atoms with Crippen LogP contribution in [0.3, 0.4) is 0 Å². The van der Waals surface area contributed by atoms with Crippen LogP contribution in [0.25, 0.3) is 11.3 Å². The Balaban J connectivity index is 2.72. The van der Waals surface area contributed by atoms with Gasteiger partial charge in [0.25, 0.3) is 5.56 Å². The van der Waals surface area contributed by atoms with Crippen LogP contribution in [0.15, 0.2) is 35.1 Å². The Bertz CT molecular complexity index is 738. The van der Waals surface area contributed by atoms with Crippen molar-refractivity contribution >= 4 is 29.0 Å². The number of halogens is 2. The first-order chi connectivity index (χ1) is 9.45. The summed E-state index contributed by atoms with van der Waals surface area (Å²) in [5.74, 6) is -0.244. The Hall–Kier alpha value is -1.78. The lowest BCUT2D eigenvalue weighted by atomic mass is 10.1. The van der Waals surface area contributed by atoms with E-state index in [-0.39, 0.29) is 17.0 Å². The number of nitrogens with one attached hydrogen (secondary N) is 1. The van der Waals surface area contributed by atoms with E-state index in [2.05, 4.69) is 0 Å². The van der Waals surface area contributed by atoms with E-state index >= 15 is 0 Å². The van der Waals surface area contributed by atoms with Crippen LogP contribution in [0.4, 0.5) is 0 Å². The highest BCUT2D eigenvalue weighted by molar-refractivity contribution is 6.36. The van der Waals surface area contributed by atoms with Crippen molar-refractivity contribution in [3.63, 3.8) is 0 Å². The van der Waals surface area contributed by atoms with Gasteiger partial charge in [0, 0.05) is 17.1 Å². The Morgan fingerprint density at radius 3 is 2.55 bits per heavy atom. The maximum Gasteiger partial charge on any atom is 0.261 e. The number of aromatic nitrogens is 1. The highest BCUT2D eigenvalue weighted by Gasteiger charge is 2.13. The maximum absolute atomic E-state index is 12.3. The number of nitrogen functional groups attached to an aromatic ring is 1. The van der Waals surface area contributed by atoms with E-state index in [0.29, 0.717) is 27.8 Å². The van der Waals surface area contributed by atoms with Crippen molar-refractivity contribution in [2.24, 2.45) is 5.73 Å². The lowest BCUT2D eigenvalue weighted by molar-refractivity contribution is 0.734. The van der Waals surface area contributed by atoms with Gasteiger partial charge < -0.3 is 10.3 Å². The van der Waals surface area contributed by atoms with Crippen LogP contribution in [0.2, 0.25) is 10.0 Å². The van der Waals surface area contributed by atoms with Crippen LogP contribution < -0.4 is 11.3 Å². The average Bonchev–Trinajstić information content (AvgIpc) is 2.38. The molecule has 2 aromatic rings. The van der Waals surface area contributed by atoms with Crippen LogP contribution in [0.5, 0.6) is 0 Å². The summed E-state index contributed by atoms with van der Waals surface area (Å²) >= 11 is 12.1. The fourth-order valence-electron chi connectivity index (χ4n) is 2.03. The van der Waals surface area contributed by atoms with E-state index < -0.39 is 0 Å². The van der Waals surface area contributed by atoms with Crippen LogP contribution in [0.1, 0.15) is 12.5 Å². The van der Waals surface area contributed by atoms with E-state index in [1.54, 1.807) is 24.3 Å². The Morgan fingerprint density at radius 2 is 2.00 bits per heavy atom. The first-order valence-electron chi connectivity index (χ1n) is 5.99. The van der Waals surface area contributed by atoms with Crippen molar-refractivity contribution in [3.05, 3.63) is 56.3 Å². The number of benzene rings is 1. The van der Waals surface area contributed by atoms with E-state index in [9.17, 15) is 4.79 Å². The molecule has 1 aromatic carbocycles. The Kier molecular flexibility index (Phi) is 4.16. The van der Waals surface area contributed by atoms with Crippen LogP contribution in [-0.2, 0) is 6.54 Å². The molecule has 2 rings (SSSR count). The zero-order valence-corrected chi connectivity index (χ0v) is 12.3. The molecule has 0 fully saturated rings. The smallest absolute Gasteiger partial charge is 0.261 e. The molecule has 0 saturated carbocycles. The minimum absolute atomic E-state index is 0.181. The number of nitrogens with two attached hydrogens (primary N) is 1. The molecule has 104 valence electrons. The second-order valence-electron chi connectivity index (χ2n) is 4.22. The van der Waals surface area contributed by atoms with Crippen molar-refractivity contribution in [3.8, 4) is 11.3 Å². The summed E-state index contributed by atoms with van der Waals surface area (Å²) in [7, 11) is 0. The molecule has 4 nitrogen and oxygen atoms in total. The van der Waals surface area contributed by atoms with Crippen LogP contribution in [0, 0.1) is 5.41 Å². The molecule has 0 spiro atoms. The standard InChI is InChI=1S/C14H13Cl2N3O/c1-2-19-12(6-5-10(13(17)18)14(19)20)9-4-3-8(15)7-11(9)16/h3-7H,2H2,1H3,(H3,17,18). The van der Waals surface area contributed by atoms with E-state index in [0.717, 1.165) is 0 Å². The molecule has 20 heavy (non-hydrogen) atoms. The molecule has 0 aliphatic heterocycles. The summed E-state index contributed by atoms with van der Waals surface area (Å²) in [6.07, 6.45) is 0. The topological polar surface area (TPSA) is 71.9 Å². The molecule has 0 saturated heterocycles. The van der Waals surface area contributed by atoms with Crippen LogP contribution >= 0.6 is 23.2 Å². The summed E-state index contributed by atoms with van der Waals surface area (Å²) in [5, 5.41) is 8.41. The number of nitrogens with zero attached hydrogens (tertiary/aromatic N) is 1. The van der Waals surface area contributed by atoms with Gasteiger partial charge in [-0.25, -0.2) is 0 Å². The monoisotopic (exact) mass is 309 g/mol. The number of pyridine rings is 1. The molecular formula is C14H13Cl2N3O. The van der Waals surface area contributed by atoms with Gasteiger partial charge in [0.1, 0.15) is 5.84 Å². The van der Waals surface area contributed by atoms with E-state index in [4.69, 9.17) is 34.3 Å². The number of hydrogen-bond donors (Lipinski definition) is 2. The van der Waals surface area contributed by atoms with Gasteiger partial charge in [-0.2, -0.15) is 0 Å². The maximum atomic E-state index is 12.3. The first kappa shape index (κ1) is 14.6. The minimum atomic E-state index is -0.302. The highest BCUT2D eigenvalue weighted by atomic mass is 35.5. The summed E-state index contributed by atoms with van der Waals surface area (Å²) in [5.41, 5.74) is 6.67. The highest BCUT2D eigenvalue weighted by Crippen LogP contribution is 2.29. The van der Waals surface area contributed by atoms with Gasteiger partial charge in [-0.05, 0) is 37.3 Å². The predicted molar refractivity (Wildman–Crippen MR) is 82.8 cm³/mol. The lowest BCUT2D eigenvalue weighted by Gasteiger charge is -2.14. The fraction of sp³-hybridized carbons (Fsp3) is 0.143. The van der Waals surface area contributed by atoms with Crippen molar-refractivity contribution < 1.29 is 0 Å². The molecule has 0 aliphatic carbocycles. The number of hydrogen-bond acceptors (Lipinski definition) is 2. The summed E-state index contributed by atoms with van der Waals surface area (Å²) in [4.78, 5) is 12.3. The average molecular weight is 310 g/mol. The van der Waals surface area contributed by atoms with E-state index in [1.807, 2.05) is 6.92 Å². The molecule has 0 bridgehead atoms. The lowest BCUT2D eigenvalue weighted by Crippen LogP contribution is -2.30. The molecular weight excluding hydrogens is 297 g/mol. The van der Waals surface area contributed by atoms with Crippen molar-refractivity contribution in [2.45, 2.75) is 13.5 Å². The second kappa shape index (κ2) is 5.69. The second-order valence-corrected chi connectivity index (χ2v) is 5.06.